The van der Waals surface area contributed by atoms with Gasteiger partial charge in [-0.2, -0.15) is 4.98 Å². The van der Waals surface area contributed by atoms with Gasteiger partial charge < -0.3 is 15.5 Å². The number of hydrogen-bond acceptors (Lipinski definition) is 4. The number of aromatic amines is 1. The second-order valence-electron chi connectivity index (χ2n) is 9.57. The summed E-state index contributed by atoms with van der Waals surface area (Å²) >= 11 is 3.30. The first-order valence-electron chi connectivity index (χ1n) is 12.9. The first kappa shape index (κ1) is 26.9. The molecule has 6 aromatic carbocycles. The zero-order valence-electron chi connectivity index (χ0n) is 22.0. The van der Waals surface area contributed by atoms with Gasteiger partial charge in [0.1, 0.15) is 10.4 Å². The number of phenolic OH excluding ortho intramolecular Hbond substituents is 1. The number of hydrogen-bond donors (Lipinski definition) is 1. The maximum absolute atomic E-state index is 12.3. The van der Waals surface area contributed by atoms with Crippen LogP contribution in [0.5, 0.6) is 11.5 Å². The van der Waals surface area contributed by atoms with Crippen LogP contribution in [0, 0.1) is 0 Å². The third-order valence-corrected chi connectivity index (χ3v) is 9.24. The van der Waals surface area contributed by atoms with Crippen LogP contribution in [0.4, 0.5) is 5.69 Å². The molecule has 1 aliphatic heterocycles. The standard InChI is InChI=1S/C17H12NOS.C17H11NOS.Be/c2*19-15-10-12-6-2-1-5-11(12)9-13(15)17-18-14-7-3-4-8-16(14)20-17;/h1-10,17,19H;1-10,19H;/q-1;;+2. The third kappa shape index (κ3) is 5.25. The minimum Gasteiger partial charge on any atom is -0.872 e. The number of H-pyrrole nitrogens is 1. The van der Waals surface area contributed by atoms with Crippen molar-refractivity contribution in [2.24, 2.45) is 0 Å². The van der Waals surface area contributed by atoms with Crippen molar-refractivity contribution in [3.63, 3.8) is 0 Å². The molecular weight excluding hydrogens is 542 g/mol. The normalized spacial score (nSPS) is 13.7. The number of aromatic nitrogens is 1. The van der Waals surface area contributed by atoms with Crippen molar-refractivity contribution in [2.45, 2.75) is 10.3 Å². The van der Waals surface area contributed by atoms with E-state index < -0.39 is 0 Å². The molecule has 1 aliphatic rings. The van der Waals surface area contributed by atoms with Crippen molar-refractivity contribution in [3.05, 3.63) is 132 Å². The fraction of sp³-hybridized carbons (Fsp3) is 0.0294. The van der Waals surface area contributed by atoms with Crippen molar-refractivity contribution in [1.29, 1.82) is 0 Å². The Balaban J connectivity index is 0.000000144. The van der Waals surface area contributed by atoms with Crippen molar-refractivity contribution in [1.82, 2.24) is 0 Å². The average molecular weight is 565 g/mol. The van der Waals surface area contributed by atoms with Gasteiger partial charge >= 0.3 is 10.1 Å². The van der Waals surface area contributed by atoms with Crippen LogP contribution >= 0.6 is 23.1 Å². The molecule has 4 nitrogen and oxygen atoms in total. The average Bonchev–Trinajstić information content (AvgIpc) is 3.61. The van der Waals surface area contributed by atoms with E-state index in [1.54, 1.807) is 29.2 Å². The SMILES string of the molecule is Oc1cc2ccccc2cc1-c1[nH+]c2ccccc2s1.[Be+2].[O-]c1cc2ccccc2cc1C1[N-]c2ccccc2S1. The number of thioether (sulfide) groups is 1. The molecule has 0 radical (unpaired) electrons. The molecule has 1 unspecified atom stereocenters. The maximum Gasteiger partial charge on any atom is 2.00 e. The summed E-state index contributed by atoms with van der Waals surface area (Å²) in [6, 6.07) is 39.7. The Morgan fingerprint density at radius 3 is 2.05 bits per heavy atom. The summed E-state index contributed by atoms with van der Waals surface area (Å²) in [7, 11) is 0. The number of rotatable bonds is 2. The van der Waals surface area contributed by atoms with E-state index in [-0.39, 0.29) is 21.2 Å². The minimum atomic E-state index is -0.121. The summed E-state index contributed by atoms with van der Waals surface area (Å²) in [6.07, 6.45) is 0. The predicted octanol–water partition coefficient (Wildman–Crippen LogP) is 8.58. The molecule has 0 aliphatic carbocycles. The molecular formula is C34H23BeN2O2S2+. The molecule has 41 heavy (non-hydrogen) atoms. The van der Waals surface area contributed by atoms with Crippen LogP contribution in [0.2, 0.25) is 0 Å². The monoisotopic (exact) mass is 564 g/mol. The molecule has 0 amide bonds. The summed E-state index contributed by atoms with van der Waals surface area (Å²) in [5.41, 5.74) is 3.70. The molecule has 1 aromatic heterocycles. The molecule has 0 saturated carbocycles. The fourth-order valence-corrected chi connectivity index (χ4v) is 7.10. The molecule has 1 atom stereocenters. The van der Waals surface area contributed by atoms with E-state index >= 15 is 0 Å². The predicted molar refractivity (Wildman–Crippen MR) is 170 cm³/mol. The van der Waals surface area contributed by atoms with Crippen LogP contribution in [-0.4, -0.2) is 15.2 Å². The van der Waals surface area contributed by atoms with E-state index in [1.807, 2.05) is 97.1 Å². The van der Waals surface area contributed by atoms with Crippen LogP contribution < -0.4 is 10.1 Å². The fourth-order valence-electron chi connectivity index (χ4n) is 4.95. The van der Waals surface area contributed by atoms with Crippen LogP contribution in [0.1, 0.15) is 10.9 Å². The Labute approximate surface area is 249 Å². The quantitative estimate of drug-likeness (QED) is 0.214. The largest absolute Gasteiger partial charge is 2.00 e. The number of aromatic hydroxyl groups is 1. The molecule has 0 spiro atoms. The smallest absolute Gasteiger partial charge is 0.872 e. The molecule has 2 N–H and O–H groups in total. The number of thiazole rings is 1. The number of nitrogens with zero attached hydrogens (tertiary/aromatic N) is 1. The van der Waals surface area contributed by atoms with Gasteiger partial charge in [0, 0.05) is 6.07 Å². The van der Waals surface area contributed by atoms with E-state index in [4.69, 9.17) is 0 Å². The van der Waals surface area contributed by atoms with Gasteiger partial charge in [0.2, 0.25) is 5.52 Å². The maximum atomic E-state index is 12.3. The molecule has 0 saturated heterocycles. The van der Waals surface area contributed by atoms with Crippen LogP contribution in [0.25, 0.3) is 47.6 Å². The van der Waals surface area contributed by atoms with Crippen molar-refractivity contribution in [2.75, 3.05) is 0 Å². The first-order valence-corrected chi connectivity index (χ1v) is 14.6. The second kappa shape index (κ2) is 11.3. The Bertz CT molecular complexity index is 1970. The number of para-hydroxylation sites is 2. The summed E-state index contributed by atoms with van der Waals surface area (Å²) in [6.45, 7) is 0. The molecule has 8 rings (SSSR count). The minimum absolute atomic E-state index is 0. The van der Waals surface area contributed by atoms with Crippen LogP contribution in [0.3, 0.4) is 0 Å². The molecule has 7 aromatic rings. The molecule has 7 heteroatoms. The molecule has 0 bridgehead atoms. The number of phenols is 1. The Kier molecular flexibility index (Phi) is 7.37. The van der Waals surface area contributed by atoms with E-state index in [0.29, 0.717) is 5.75 Å². The molecule has 2 heterocycles. The number of nitrogens with one attached hydrogen (secondary N) is 1. The van der Waals surface area contributed by atoms with E-state index in [1.165, 1.54) is 4.70 Å². The zero-order valence-corrected chi connectivity index (χ0v) is 23.6. The third-order valence-electron chi connectivity index (χ3n) is 6.96. The molecule has 194 valence electrons. The van der Waals surface area contributed by atoms with Crippen molar-refractivity contribution in [3.8, 4) is 22.1 Å². The number of benzene rings is 6. The van der Waals surface area contributed by atoms with Gasteiger partial charge in [-0.25, -0.2) is 0 Å². The van der Waals surface area contributed by atoms with Crippen LogP contribution in [-0.2, 0) is 0 Å². The van der Waals surface area contributed by atoms with Gasteiger partial charge in [-0.1, -0.05) is 108 Å². The van der Waals surface area contributed by atoms with E-state index in [0.717, 1.165) is 53.8 Å². The van der Waals surface area contributed by atoms with Gasteiger partial charge in [0.15, 0.2) is 0 Å². The summed E-state index contributed by atoms with van der Waals surface area (Å²) in [5, 5.41) is 32.3. The van der Waals surface area contributed by atoms with Crippen LogP contribution in [0.15, 0.2) is 126 Å². The van der Waals surface area contributed by atoms with Crippen molar-refractivity contribution >= 4 is 70.7 Å². The van der Waals surface area contributed by atoms with Gasteiger partial charge in [0.25, 0.3) is 5.01 Å². The van der Waals surface area contributed by atoms with E-state index in [9.17, 15) is 10.2 Å². The topological polar surface area (TPSA) is 71.5 Å². The summed E-state index contributed by atoms with van der Waals surface area (Å²) in [5.74, 6) is 0.379. The Morgan fingerprint density at radius 1 is 0.707 bits per heavy atom. The zero-order chi connectivity index (χ0) is 27.1. The first-order chi connectivity index (χ1) is 19.6. The number of fused-ring (bicyclic) bond motifs is 4. The second-order valence-corrected chi connectivity index (χ2v) is 11.7. The Morgan fingerprint density at radius 2 is 1.32 bits per heavy atom. The summed E-state index contributed by atoms with van der Waals surface area (Å²) in [4.78, 5) is 4.52. The molecule has 0 fully saturated rings. The summed E-state index contributed by atoms with van der Waals surface area (Å²) < 4.78 is 1.19. The van der Waals surface area contributed by atoms with Gasteiger partial charge in [0.05, 0.1) is 5.56 Å². The Hall–Kier alpha value is -4.35. The van der Waals surface area contributed by atoms with Gasteiger partial charge in [-0.3, -0.25) is 0 Å². The van der Waals surface area contributed by atoms with Crippen molar-refractivity contribution < 1.29 is 15.2 Å². The van der Waals surface area contributed by atoms with Gasteiger partial charge in [-0.15, -0.1) is 23.2 Å². The van der Waals surface area contributed by atoms with E-state index in [2.05, 4.69) is 28.5 Å². The van der Waals surface area contributed by atoms with Gasteiger partial charge in [-0.05, 0) is 56.1 Å².